The van der Waals surface area contributed by atoms with E-state index in [2.05, 4.69) is 15.5 Å². The lowest BCUT2D eigenvalue weighted by molar-refractivity contribution is 0.126. The van der Waals surface area contributed by atoms with Crippen molar-refractivity contribution in [3.8, 4) is 11.4 Å². The number of rotatable bonds is 7. The van der Waals surface area contributed by atoms with E-state index in [0.717, 1.165) is 11.3 Å². The molecule has 0 aliphatic carbocycles. The number of aliphatic hydroxyl groups excluding tert-OH is 1. The second-order valence-electron chi connectivity index (χ2n) is 5.56. The first-order chi connectivity index (χ1) is 12.5. The molecule has 0 amide bonds. The Kier molecular flexibility index (Phi) is 6.37. The molecule has 1 N–H and O–H groups in total. The first-order valence-corrected chi connectivity index (χ1v) is 9.51. The third-order valence-electron chi connectivity index (χ3n) is 3.45. The summed E-state index contributed by atoms with van der Waals surface area (Å²) in [6.07, 6.45) is -0.713. The minimum atomic E-state index is -0.713. The zero-order valence-corrected chi connectivity index (χ0v) is 16.2. The lowest BCUT2D eigenvalue weighted by Gasteiger charge is -2.13. The molecule has 136 valence electrons. The molecule has 0 aliphatic heterocycles. The number of tetrazole rings is 1. The molecule has 0 aliphatic rings. The number of aryl methyl sites for hydroxylation is 1. The molecule has 2 aromatic carbocycles. The van der Waals surface area contributed by atoms with Crippen LogP contribution in [-0.4, -0.2) is 43.8 Å². The maximum atomic E-state index is 10.2. The number of ether oxygens (including phenoxy) is 1. The van der Waals surface area contributed by atoms with Gasteiger partial charge in [0.15, 0.2) is 0 Å². The van der Waals surface area contributed by atoms with Gasteiger partial charge in [-0.25, -0.2) is 0 Å². The highest BCUT2D eigenvalue weighted by Crippen LogP contribution is 2.28. The topological polar surface area (TPSA) is 73.1 Å². The standard InChI is InChI=1S/C17H16Cl2N4O2S/c1-11-2-5-13(6-3-11)23-17(20-21-22-23)26-10-14(24)9-25-16-7-4-12(18)8-15(16)19/h2-8,14,24H,9-10H2,1H3/t14-/m0/s1. The van der Waals surface area contributed by atoms with Crippen molar-refractivity contribution in [2.24, 2.45) is 0 Å². The predicted molar refractivity (Wildman–Crippen MR) is 103 cm³/mol. The van der Waals surface area contributed by atoms with E-state index in [-0.39, 0.29) is 6.61 Å². The van der Waals surface area contributed by atoms with E-state index in [1.807, 2.05) is 31.2 Å². The molecule has 0 saturated heterocycles. The number of hydrogen-bond acceptors (Lipinski definition) is 6. The molecule has 0 spiro atoms. The lowest BCUT2D eigenvalue weighted by atomic mass is 10.2. The summed E-state index contributed by atoms with van der Waals surface area (Å²) in [5.74, 6) is 0.849. The number of aliphatic hydroxyl groups is 1. The molecule has 26 heavy (non-hydrogen) atoms. The van der Waals surface area contributed by atoms with E-state index in [9.17, 15) is 5.11 Å². The molecular formula is C17H16Cl2N4O2S. The van der Waals surface area contributed by atoms with Crippen LogP contribution in [0.3, 0.4) is 0 Å². The average Bonchev–Trinajstić information content (AvgIpc) is 3.08. The fourth-order valence-electron chi connectivity index (χ4n) is 2.11. The Balaban J connectivity index is 1.56. The Morgan fingerprint density at radius 3 is 2.69 bits per heavy atom. The summed E-state index contributed by atoms with van der Waals surface area (Å²) in [7, 11) is 0. The largest absolute Gasteiger partial charge is 0.489 e. The number of aromatic nitrogens is 4. The highest BCUT2D eigenvalue weighted by molar-refractivity contribution is 7.99. The molecule has 1 atom stereocenters. The summed E-state index contributed by atoms with van der Waals surface area (Å²) >= 11 is 13.2. The Hall–Kier alpha value is -1.80. The van der Waals surface area contributed by atoms with Crippen molar-refractivity contribution in [2.75, 3.05) is 12.4 Å². The molecule has 0 fully saturated rings. The van der Waals surface area contributed by atoms with Gasteiger partial charge in [0.1, 0.15) is 12.4 Å². The third-order valence-corrected chi connectivity index (χ3v) is 5.04. The average molecular weight is 411 g/mol. The molecule has 9 heteroatoms. The summed E-state index contributed by atoms with van der Waals surface area (Å²) in [6, 6.07) is 12.8. The molecule has 0 saturated carbocycles. The van der Waals surface area contributed by atoms with Gasteiger partial charge in [-0.15, -0.1) is 5.10 Å². The SMILES string of the molecule is Cc1ccc(-n2nnnc2SC[C@@H](O)COc2ccc(Cl)cc2Cl)cc1. The first kappa shape index (κ1) is 19.0. The number of benzene rings is 2. The van der Waals surface area contributed by atoms with Gasteiger partial charge in [0.05, 0.1) is 16.8 Å². The van der Waals surface area contributed by atoms with Crippen LogP contribution >= 0.6 is 35.0 Å². The van der Waals surface area contributed by atoms with Crippen LogP contribution in [0.2, 0.25) is 10.0 Å². The summed E-state index contributed by atoms with van der Waals surface area (Å²) in [4.78, 5) is 0. The van der Waals surface area contributed by atoms with Crippen LogP contribution in [0.1, 0.15) is 5.56 Å². The van der Waals surface area contributed by atoms with Crippen molar-refractivity contribution in [1.82, 2.24) is 20.2 Å². The molecule has 1 aromatic heterocycles. The van der Waals surface area contributed by atoms with Crippen LogP contribution in [-0.2, 0) is 0 Å². The first-order valence-electron chi connectivity index (χ1n) is 7.77. The van der Waals surface area contributed by atoms with Crippen molar-refractivity contribution < 1.29 is 9.84 Å². The van der Waals surface area contributed by atoms with Crippen LogP contribution < -0.4 is 4.74 Å². The van der Waals surface area contributed by atoms with Gasteiger partial charge in [-0.05, 0) is 47.7 Å². The Morgan fingerprint density at radius 1 is 1.19 bits per heavy atom. The monoisotopic (exact) mass is 410 g/mol. The van der Waals surface area contributed by atoms with E-state index < -0.39 is 6.10 Å². The van der Waals surface area contributed by atoms with Crippen molar-refractivity contribution in [3.63, 3.8) is 0 Å². The molecule has 0 bridgehead atoms. The van der Waals surface area contributed by atoms with Gasteiger partial charge in [-0.1, -0.05) is 52.7 Å². The van der Waals surface area contributed by atoms with E-state index in [1.165, 1.54) is 11.8 Å². The quantitative estimate of drug-likeness (QED) is 0.596. The van der Waals surface area contributed by atoms with Crippen molar-refractivity contribution in [2.45, 2.75) is 18.2 Å². The number of thioether (sulfide) groups is 1. The van der Waals surface area contributed by atoms with Crippen LogP contribution in [0.15, 0.2) is 47.6 Å². The van der Waals surface area contributed by atoms with Gasteiger partial charge < -0.3 is 9.84 Å². The van der Waals surface area contributed by atoms with Crippen LogP contribution in [0.4, 0.5) is 0 Å². The minimum Gasteiger partial charge on any atom is -0.489 e. The van der Waals surface area contributed by atoms with Gasteiger partial charge in [0, 0.05) is 10.8 Å². The fourth-order valence-corrected chi connectivity index (χ4v) is 3.37. The zero-order valence-electron chi connectivity index (χ0n) is 13.8. The van der Waals surface area contributed by atoms with Gasteiger partial charge in [-0.2, -0.15) is 4.68 Å². The third kappa shape index (κ3) is 4.88. The fraction of sp³-hybridized carbons (Fsp3) is 0.235. The summed E-state index contributed by atoms with van der Waals surface area (Å²) < 4.78 is 7.17. The van der Waals surface area contributed by atoms with Crippen LogP contribution in [0.5, 0.6) is 5.75 Å². The van der Waals surface area contributed by atoms with E-state index >= 15 is 0 Å². The number of hydrogen-bond donors (Lipinski definition) is 1. The van der Waals surface area contributed by atoms with Crippen molar-refractivity contribution in [3.05, 3.63) is 58.1 Å². The smallest absolute Gasteiger partial charge is 0.214 e. The molecule has 1 heterocycles. The Bertz CT molecular complexity index is 873. The number of halogens is 2. The highest BCUT2D eigenvalue weighted by Gasteiger charge is 2.13. The van der Waals surface area contributed by atoms with Crippen molar-refractivity contribution >= 4 is 35.0 Å². The summed E-state index contributed by atoms with van der Waals surface area (Å²) in [5, 5.41) is 23.4. The number of nitrogens with zero attached hydrogens (tertiary/aromatic N) is 4. The highest BCUT2D eigenvalue weighted by atomic mass is 35.5. The van der Waals surface area contributed by atoms with E-state index in [4.69, 9.17) is 27.9 Å². The molecule has 3 aromatic rings. The normalized spacial score (nSPS) is 12.2. The second kappa shape index (κ2) is 8.73. The molecular weight excluding hydrogens is 395 g/mol. The van der Waals surface area contributed by atoms with Crippen molar-refractivity contribution in [1.29, 1.82) is 0 Å². The van der Waals surface area contributed by atoms with Gasteiger partial charge >= 0.3 is 0 Å². The summed E-state index contributed by atoms with van der Waals surface area (Å²) in [6.45, 7) is 2.11. The maximum Gasteiger partial charge on any atom is 0.214 e. The van der Waals surface area contributed by atoms with Gasteiger partial charge in [0.2, 0.25) is 5.16 Å². The Labute approximate surface area is 165 Å². The zero-order chi connectivity index (χ0) is 18.5. The van der Waals surface area contributed by atoms with E-state index in [1.54, 1.807) is 22.9 Å². The lowest BCUT2D eigenvalue weighted by Crippen LogP contribution is -2.20. The van der Waals surface area contributed by atoms with Gasteiger partial charge in [-0.3, -0.25) is 0 Å². The van der Waals surface area contributed by atoms with Gasteiger partial charge in [0.25, 0.3) is 0 Å². The van der Waals surface area contributed by atoms with Crippen LogP contribution in [0, 0.1) is 6.92 Å². The van der Waals surface area contributed by atoms with E-state index in [0.29, 0.717) is 26.7 Å². The maximum absolute atomic E-state index is 10.2. The van der Waals surface area contributed by atoms with Crippen LogP contribution in [0.25, 0.3) is 5.69 Å². The second-order valence-corrected chi connectivity index (χ2v) is 7.39. The summed E-state index contributed by atoms with van der Waals surface area (Å²) in [5.41, 5.74) is 2.02. The Morgan fingerprint density at radius 2 is 1.96 bits per heavy atom. The predicted octanol–water partition coefficient (Wildman–Crippen LogP) is 3.81. The molecule has 3 rings (SSSR count). The minimum absolute atomic E-state index is 0.0977. The molecule has 6 nitrogen and oxygen atoms in total. The molecule has 0 radical (unpaired) electrons. The molecule has 0 unspecified atom stereocenters.